The zero-order valence-corrected chi connectivity index (χ0v) is 15.0. The molecule has 25 heavy (non-hydrogen) atoms. The Kier molecular flexibility index (Phi) is 4.72. The van der Waals surface area contributed by atoms with Gasteiger partial charge in [0.25, 0.3) is 0 Å². The second-order valence-electron chi connectivity index (χ2n) is 6.62. The summed E-state index contributed by atoms with van der Waals surface area (Å²) in [4.78, 5) is 13.2. The number of pyridine rings is 1. The molecule has 0 atom stereocenters. The highest BCUT2D eigenvalue weighted by atomic mass is 16.1. The van der Waals surface area contributed by atoms with Crippen LogP contribution in [-0.4, -0.2) is 4.57 Å². The Hall–Kier alpha value is -2.86. The Balaban J connectivity index is 2.30. The molecule has 0 amide bonds. The Bertz CT molecular complexity index is 1020. The van der Waals surface area contributed by atoms with E-state index < -0.39 is 0 Å². The smallest absolute Gasteiger partial charge is 0.197 e. The van der Waals surface area contributed by atoms with Crippen LogP contribution in [-0.2, 0) is 6.54 Å². The lowest BCUT2D eigenvalue weighted by atomic mass is 9.99. The minimum absolute atomic E-state index is 0.0802. The highest BCUT2D eigenvalue weighted by Gasteiger charge is 2.14. The van der Waals surface area contributed by atoms with Crippen molar-refractivity contribution in [3.8, 4) is 17.2 Å². The van der Waals surface area contributed by atoms with E-state index in [4.69, 9.17) is 5.26 Å². The molecule has 3 aromatic rings. The molecule has 126 valence electrons. The van der Waals surface area contributed by atoms with Crippen LogP contribution < -0.4 is 5.43 Å². The van der Waals surface area contributed by atoms with E-state index in [1.165, 1.54) is 5.56 Å². The quantitative estimate of drug-likeness (QED) is 0.639. The first-order valence-electron chi connectivity index (χ1n) is 8.60. The Morgan fingerprint density at radius 2 is 1.68 bits per heavy atom. The number of benzene rings is 2. The summed E-state index contributed by atoms with van der Waals surface area (Å²) in [5.74, 6) is 0. The first kappa shape index (κ1) is 17.0. The van der Waals surface area contributed by atoms with Crippen LogP contribution in [0, 0.1) is 32.1 Å². The summed E-state index contributed by atoms with van der Waals surface area (Å²) in [6.07, 6.45) is 3.24. The normalized spacial score (nSPS) is 10.8. The van der Waals surface area contributed by atoms with Gasteiger partial charge in [0, 0.05) is 30.1 Å². The van der Waals surface area contributed by atoms with Crippen molar-refractivity contribution in [2.75, 3.05) is 0 Å². The summed E-state index contributed by atoms with van der Waals surface area (Å²) in [6.45, 7) is 6.79. The number of hydrogen-bond acceptors (Lipinski definition) is 2. The number of nitriles is 1. The fourth-order valence-corrected chi connectivity index (χ4v) is 3.31. The van der Waals surface area contributed by atoms with Gasteiger partial charge >= 0.3 is 0 Å². The predicted molar refractivity (Wildman–Crippen MR) is 103 cm³/mol. The molecule has 3 rings (SSSR count). The van der Waals surface area contributed by atoms with Crippen molar-refractivity contribution in [2.45, 2.75) is 40.2 Å². The van der Waals surface area contributed by atoms with E-state index in [-0.39, 0.29) is 5.43 Å². The second-order valence-corrected chi connectivity index (χ2v) is 6.62. The molecule has 0 aliphatic rings. The number of hydrogen-bond donors (Lipinski definition) is 0. The van der Waals surface area contributed by atoms with Gasteiger partial charge in [-0.15, -0.1) is 0 Å². The SMILES string of the molecule is Cc1ccc(-c2cn(CCCC#N)c3c(C)ccc(C)c3c2=O)cc1. The maximum Gasteiger partial charge on any atom is 0.197 e. The van der Waals surface area contributed by atoms with Gasteiger partial charge in [-0.25, -0.2) is 0 Å². The van der Waals surface area contributed by atoms with Crippen molar-refractivity contribution < 1.29 is 0 Å². The molecule has 0 aliphatic carbocycles. The van der Waals surface area contributed by atoms with Crippen LogP contribution in [0.2, 0.25) is 0 Å². The van der Waals surface area contributed by atoms with Crippen LogP contribution in [0.5, 0.6) is 0 Å². The molecule has 0 aliphatic heterocycles. The lowest BCUT2D eigenvalue weighted by molar-refractivity contribution is 0.669. The molecule has 0 saturated carbocycles. The van der Waals surface area contributed by atoms with E-state index in [0.717, 1.165) is 46.1 Å². The van der Waals surface area contributed by atoms with Crippen LogP contribution in [0.3, 0.4) is 0 Å². The molecular formula is C22H22N2O. The molecule has 2 aromatic carbocycles. The van der Waals surface area contributed by atoms with Gasteiger partial charge in [0.2, 0.25) is 0 Å². The summed E-state index contributed by atoms with van der Waals surface area (Å²) >= 11 is 0. The zero-order chi connectivity index (χ0) is 18.0. The van der Waals surface area contributed by atoms with Gasteiger partial charge in [-0.3, -0.25) is 4.79 Å². The van der Waals surface area contributed by atoms with Crippen molar-refractivity contribution in [3.05, 3.63) is 69.5 Å². The maximum absolute atomic E-state index is 13.2. The molecule has 0 N–H and O–H groups in total. The topological polar surface area (TPSA) is 45.8 Å². The summed E-state index contributed by atoms with van der Waals surface area (Å²) < 4.78 is 2.14. The lowest BCUT2D eigenvalue weighted by Gasteiger charge is -2.16. The largest absolute Gasteiger partial charge is 0.346 e. The van der Waals surface area contributed by atoms with E-state index in [9.17, 15) is 4.79 Å². The lowest BCUT2D eigenvalue weighted by Crippen LogP contribution is -2.14. The number of unbranched alkanes of at least 4 members (excludes halogenated alkanes) is 1. The molecule has 3 heteroatoms. The van der Waals surface area contributed by atoms with Crippen LogP contribution >= 0.6 is 0 Å². The van der Waals surface area contributed by atoms with E-state index in [2.05, 4.69) is 16.7 Å². The third kappa shape index (κ3) is 3.21. The molecule has 0 radical (unpaired) electrons. The predicted octanol–water partition coefficient (Wildman–Crippen LogP) is 4.90. The molecule has 0 unspecified atom stereocenters. The van der Waals surface area contributed by atoms with E-state index in [0.29, 0.717) is 6.42 Å². The van der Waals surface area contributed by atoms with Gasteiger partial charge < -0.3 is 4.57 Å². The third-order valence-electron chi connectivity index (χ3n) is 4.68. The van der Waals surface area contributed by atoms with Crippen molar-refractivity contribution in [1.82, 2.24) is 4.57 Å². The second kappa shape index (κ2) is 6.94. The number of aromatic nitrogens is 1. The molecule has 0 bridgehead atoms. The van der Waals surface area contributed by atoms with Gasteiger partial charge in [0.1, 0.15) is 0 Å². The van der Waals surface area contributed by atoms with Gasteiger partial charge in [0.15, 0.2) is 5.43 Å². The van der Waals surface area contributed by atoms with Crippen molar-refractivity contribution in [1.29, 1.82) is 5.26 Å². The third-order valence-corrected chi connectivity index (χ3v) is 4.68. The molecular weight excluding hydrogens is 308 g/mol. The van der Waals surface area contributed by atoms with Crippen LogP contribution in [0.1, 0.15) is 29.5 Å². The first-order chi connectivity index (χ1) is 12.0. The molecule has 0 saturated heterocycles. The molecule has 0 fully saturated rings. The van der Waals surface area contributed by atoms with Gasteiger partial charge in [0.05, 0.1) is 11.6 Å². The Labute approximate surface area is 148 Å². The minimum atomic E-state index is 0.0802. The first-order valence-corrected chi connectivity index (χ1v) is 8.60. The van der Waals surface area contributed by atoms with Gasteiger partial charge in [-0.2, -0.15) is 5.26 Å². The molecule has 1 aromatic heterocycles. The van der Waals surface area contributed by atoms with Gasteiger partial charge in [-0.05, 0) is 43.9 Å². The monoisotopic (exact) mass is 330 g/mol. The average molecular weight is 330 g/mol. The van der Waals surface area contributed by atoms with Crippen LogP contribution in [0.15, 0.2) is 47.4 Å². The van der Waals surface area contributed by atoms with Crippen molar-refractivity contribution in [2.24, 2.45) is 0 Å². The highest BCUT2D eigenvalue weighted by molar-refractivity contribution is 5.89. The Morgan fingerprint density at radius 1 is 1.00 bits per heavy atom. The van der Waals surface area contributed by atoms with E-state index in [1.54, 1.807) is 0 Å². The number of rotatable bonds is 4. The number of fused-ring (bicyclic) bond motifs is 1. The van der Waals surface area contributed by atoms with Crippen molar-refractivity contribution >= 4 is 10.9 Å². The van der Waals surface area contributed by atoms with Gasteiger partial charge in [-0.1, -0.05) is 42.0 Å². The maximum atomic E-state index is 13.2. The highest BCUT2D eigenvalue weighted by Crippen LogP contribution is 2.25. The summed E-state index contributed by atoms with van der Waals surface area (Å²) in [6, 6.07) is 14.3. The minimum Gasteiger partial charge on any atom is -0.346 e. The van der Waals surface area contributed by atoms with E-state index >= 15 is 0 Å². The zero-order valence-electron chi connectivity index (χ0n) is 15.0. The molecule has 0 spiro atoms. The fraction of sp³-hybridized carbons (Fsp3) is 0.273. The van der Waals surface area contributed by atoms with Crippen LogP contribution in [0.4, 0.5) is 0 Å². The molecule has 1 heterocycles. The fourth-order valence-electron chi connectivity index (χ4n) is 3.31. The summed E-state index contributed by atoms with van der Waals surface area (Å²) in [7, 11) is 0. The number of nitrogens with zero attached hydrogens (tertiary/aromatic N) is 2. The standard InChI is InChI=1S/C22H22N2O/c1-15-6-10-18(11-7-15)19-14-24(13-5-4-12-23)21-17(3)9-8-16(2)20(21)22(19)25/h6-11,14H,4-5,13H2,1-3H3. The summed E-state index contributed by atoms with van der Waals surface area (Å²) in [5, 5.41) is 9.64. The molecule has 3 nitrogen and oxygen atoms in total. The number of aryl methyl sites for hydroxylation is 4. The Morgan fingerprint density at radius 3 is 2.36 bits per heavy atom. The summed E-state index contributed by atoms with van der Waals surface area (Å²) in [5.41, 5.74) is 5.98. The van der Waals surface area contributed by atoms with E-state index in [1.807, 2.05) is 57.3 Å². The van der Waals surface area contributed by atoms with Crippen LogP contribution in [0.25, 0.3) is 22.0 Å². The van der Waals surface area contributed by atoms with Crippen molar-refractivity contribution in [3.63, 3.8) is 0 Å². The average Bonchev–Trinajstić information content (AvgIpc) is 2.60.